The van der Waals surface area contributed by atoms with Crippen LogP contribution in [0.3, 0.4) is 0 Å². The molecule has 2 aromatic heterocycles. The number of rotatable bonds is 1. The Labute approximate surface area is 126 Å². The van der Waals surface area contributed by atoms with Gasteiger partial charge in [-0.2, -0.15) is 0 Å². The first-order valence-electron chi connectivity index (χ1n) is 5.70. The van der Waals surface area contributed by atoms with Gasteiger partial charge in [-0.3, -0.25) is 4.57 Å². The van der Waals surface area contributed by atoms with E-state index in [1.165, 1.54) is 16.7 Å². The highest BCUT2D eigenvalue weighted by Gasteiger charge is 2.17. The average Bonchev–Trinajstić information content (AvgIpc) is 2.67. The summed E-state index contributed by atoms with van der Waals surface area (Å²) in [6.07, 6.45) is 1.57. The number of nitrogens with zero attached hydrogens (tertiary/aromatic N) is 2. The number of imidazole rings is 1. The van der Waals surface area contributed by atoms with Gasteiger partial charge in [0.25, 0.3) is 0 Å². The summed E-state index contributed by atoms with van der Waals surface area (Å²) < 4.78 is 30.0. The van der Waals surface area contributed by atoms with E-state index in [0.717, 1.165) is 5.56 Å². The summed E-state index contributed by atoms with van der Waals surface area (Å²) in [5, 5.41) is 0. The van der Waals surface area contributed by atoms with Gasteiger partial charge >= 0.3 is 0 Å². The van der Waals surface area contributed by atoms with Gasteiger partial charge < -0.3 is 4.98 Å². The van der Waals surface area contributed by atoms with E-state index < -0.39 is 11.6 Å². The van der Waals surface area contributed by atoms with Crippen molar-refractivity contribution in [2.24, 2.45) is 0 Å². The fourth-order valence-corrected chi connectivity index (χ4v) is 2.76. The van der Waals surface area contributed by atoms with E-state index in [1.807, 2.05) is 6.92 Å². The first-order valence-corrected chi connectivity index (χ1v) is 6.90. The quantitative estimate of drug-likeness (QED) is 0.655. The van der Waals surface area contributed by atoms with Crippen LogP contribution in [0.4, 0.5) is 8.78 Å². The molecular formula is C13H8BrF2N3S. The van der Waals surface area contributed by atoms with E-state index in [4.69, 9.17) is 12.2 Å². The molecule has 20 heavy (non-hydrogen) atoms. The summed E-state index contributed by atoms with van der Waals surface area (Å²) in [6, 6.07) is 4.18. The number of benzene rings is 1. The van der Waals surface area contributed by atoms with Crippen molar-refractivity contribution in [2.45, 2.75) is 6.92 Å². The molecule has 0 radical (unpaired) electrons. The van der Waals surface area contributed by atoms with E-state index >= 15 is 0 Å². The smallest absolute Gasteiger partial charge is 0.184 e. The predicted octanol–water partition coefficient (Wildman–Crippen LogP) is 4.43. The van der Waals surface area contributed by atoms with Crippen LogP contribution in [0.5, 0.6) is 0 Å². The van der Waals surface area contributed by atoms with Crippen LogP contribution in [0.25, 0.3) is 16.9 Å². The molecule has 1 aromatic carbocycles. The summed E-state index contributed by atoms with van der Waals surface area (Å²) >= 11 is 8.22. The van der Waals surface area contributed by atoms with Gasteiger partial charge in [-0.25, -0.2) is 13.8 Å². The van der Waals surface area contributed by atoms with Gasteiger partial charge in [0, 0.05) is 10.7 Å². The zero-order valence-electron chi connectivity index (χ0n) is 10.2. The molecule has 3 aromatic rings. The van der Waals surface area contributed by atoms with Gasteiger partial charge in [0.15, 0.2) is 22.1 Å². The number of hydrogen-bond donors (Lipinski definition) is 1. The van der Waals surface area contributed by atoms with Crippen LogP contribution in [0.1, 0.15) is 5.56 Å². The molecule has 3 nitrogen and oxygen atoms in total. The Balaban J connectivity index is 2.45. The van der Waals surface area contributed by atoms with Gasteiger partial charge in [-0.05, 0) is 42.9 Å². The molecule has 0 bridgehead atoms. The Kier molecular flexibility index (Phi) is 3.18. The summed E-state index contributed by atoms with van der Waals surface area (Å²) in [4.78, 5) is 7.10. The molecule has 0 aliphatic heterocycles. The number of hydrogen-bond acceptors (Lipinski definition) is 2. The lowest BCUT2D eigenvalue weighted by Gasteiger charge is -2.07. The third-order valence-electron chi connectivity index (χ3n) is 2.99. The molecule has 3 rings (SSSR count). The number of fused-ring (bicyclic) bond motifs is 1. The molecule has 0 amide bonds. The topological polar surface area (TPSA) is 33.6 Å². The molecule has 0 saturated carbocycles. The van der Waals surface area contributed by atoms with Crippen molar-refractivity contribution in [3.63, 3.8) is 0 Å². The molecule has 1 N–H and O–H groups in total. The molecular weight excluding hydrogens is 348 g/mol. The molecule has 0 aliphatic rings. The molecule has 0 unspecified atom stereocenters. The first-order chi connectivity index (χ1) is 9.49. The van der Waals surface area contributed by atoms with Crippen LogP contribution in [-0.2, 0) is 0 Å². The highest BCUT2D eigenvalue weighted by Crippen LogP contribution is 2.26. The number of aromatic amines is 1. The van der Waals surface area contributed by atoms with Crippen molar-refractivity contribution < 1.29 is 8.78 Å². The lowest BCUT2D eigenvalue weighted by Crippen LogP contribution is -2.03. The van der Waals surface area contributed by atoms with Crippen molar-refractivity contribution in [3.8, 4) is 5.69 Å². The maximum Gasteiger partial charge on any atom is 0.184 e. The largest absolute Gasteiger partial charge is 0.329 e. The summed E-state index contributed by atoms with van der Waals surface area (Å²) in [5.41, 5.74) is 1.73. The zero-order chi connectivity index (χ0) is 14.4. The number of pyridine rings is 1. The molecule has 0 aliphatic carbocycles. The van der Waals surface area contributed by atoms with E-state index in [2.05, 4.69) is 25.9 Å². The molecule has 0 spiro atoms. The summed E-state index contributed by atoms with van der Waals surface area (Å²) in [5.74, 6) is -1.42. The summed E-state index contributed by atoms with van der Waals surface area (Å²) in [6.45, 7) is 1.87. The highest BCUT2D eigenvalue weighted by atomic mass is 79.9. The molecule has 102 valence electrons. The second-order valence-corrected chi connectivity index (χ2v) is 5.61. The molecule has 0 atom stereocenters. The highest BCUT2D eigenvalue weighted by molar-refractivity contribution is 9.10. The molecule has 0 saturated heterocycles. The van der Waals surface area contributed by atoms with Crippen molar-refractivity contribution in [1.82, 2.24) is 14.5 Å². The van der Waals surface area contributed by atoms with Crippen molar-refractivity contribution in [1.29, 1.82) is 0 Å². The second kappa shape index (κ2) is 4.75. The van der Waals surface area contributed by atoms with Gasteiger partial charge in [-0.1, -0.05) is 15.9 Å². The van der Waals surface area contributed by atoms with Gasteiger partial charge in [-0.15, -0.1) is 0 Å². The number of nitrogens with one attached hydrogen (secondary N) is 1. The average molecular weight is 356 g/mol. The van der Waals surface area contributed by atoms with Crippen LogP contribution in [0, 0.1) is 23.3 Å². The number of halogens is 3. The minimum Gasteiger partial charge on any atom is -0.329 e. The molecule has 0 fully saturated rings. The first kappa shape index (κ1) is 13.4. The van der Waals surface area contributed by atoms with E-state index in [1.54, 1.807) is 12.3 Å². The Morgan fingerprint density at radius 1 is 1.30 bits per heavy atom. The Bertz CT molecular complexity index is 862. The molecule has 7 heteroatoms. The fraction of sp³-hybridized carbons (Fsp3) is 0.0769. The molecule has 2 heterocycles. The Hall–Kier alpha value is -1.60. The lowest BCUT2D eigenvalue weighted by atomic mass is 10.2. The fourth-order valence-electron chi connectivity index (χ4n) is 2.08. The van der Waals surface area contributed by atoms with E-state index in [0.29, 0.717) is 15.6 Å². The number of H-pyrrole nitrogens is 1. The van der Waals surface area contributed by atoms with Gasteiger partial charge in [0.1, 0.15) is 5.69 Å². The maximum atomic E-state index is 14.1. The lowest BCUT2D eigenvalue weighted by molar-refractivity contribution is 0.568. The maximum absolute atomic E-state index is 14.1. The van der Waals surface area contributed by atoms with Crippen LogP contribution in [-0.4, -0.2) is 14.5 Å². The Morgan fingerprint density at radius 2 is 1.95 bits per heavy atom. The third kappa shape index (κ3) is 1.97. The van der Waals surface area contributed by atoms with Crippen LogP contribution in [0.2, 0.25) is 0 Å². The van der Waals surface area contributed by atoms with E-state index in [-0.39, 0.29) is 10.5 Å². The minimum atomic E-state index is -0.711. The van der Waals surface area contributed by atoms with Crippen molar-refractivity contribution in [3.05, 3.63) is 50.8 Å². The standard InChI is InChI=1S/C13H8BrF2N3S/c1-6-2-3-17-12-10(6)18-13(20)19(12)11-8(15)4-7(14)5-9(11)16/h2-5H,1H3,(H,18,20). The van der Waals surface area contributed by atoms with E-state index in [9.17, 15) is 8.78 Å². The Morgan fingerprint density at radius 3 is 2.60 bits per heavy atom. The van der Waals surface area contributed by atoms with Crippen molar-refractivity contribution in [2.75, 3.05) is 0 Å². The second-order valence-electron chi connectivity index (χ2n) is 4.31. The minimum absolute atomic E-state index is 0.196. The van der Waals surface area contributed by atoms with Crippen LogP contribution >= 0.6 is 28.1 Å². The van der Waals surface area contributed by atoms with Gasteiger partial charge in [0.2, 0.25) is 0 Å². The normalized spacial score (nSPS) is 11.2. The third-order valence-corrected chi connectivity index (χ3v) is 3.73. The summed E-state index contributed by atoms with van der Waals surface area (Å²) in [7, 11) is 0. The van der Waals surface area contributed by atoms with Crippen LogP contribution in [0.15, 0.2) is 28.9 Å². The predicted molar refractivity (Wildman–Crippen MR) is 78.6 cm³/mol. The van der Waals surface area contributed by atoms with Gasteiger partial charge in [0.05, 0.1) is 5.52 Å². The van der Waals surface area contributed by atoms with Crippen LogP contribution < -0.4 is 0 Å². The van der Waals surface area contributed by atoms with Crippen molar-refractivity contribution >= 4 is 39.3 Å². The number of aryl methyl sites for hydroxylation is 1. The SMILES string of the molecule is Cc1ccnc2c1[nH]c(=S)n2-c1c(F)cc(Br)cc1F. The zero-order valence-corrected chi connectivity index (χ0v) is 12.6. The monoisotopic (exact) mass is 355 g/mol. The number of aromatic nitrogens is 3.